The van der Waals surface area contributed by atoms with Gasteiger partial charge in [-0.15, -0.1) is 0 Å². The van der Waals surface area contributed by atoms with Gasteiger partial charge in [0.05, 0.1) is 18.3 Å². The van der Waals surface area contributed by atoms with Gasteiger partial charge in [-0.25, -0.2) is 4.98 Å². The Hall–Kier alpha value is -4.32. The summed E-state index contributed by atoms with van der Waals surface area (Å²) in [4.78, 5) is 21.3. The standard InChI is InChI=1S/C38H36N4O2/c1-40-35-30(15-26(17-33(35)44-2)37(43)42-21-27-18-28-29-19-34(42)38(27,28)29)39-36(40)32-16-25-14-23(9-8-22-6-4-3-5-7-22)12-13-31(25)41(32)20-24-10-11-24/h3-9,12-17,24,27-29,34H,10-11,18-21H2,1-2H3/b9-8+/t27-,28?,29?,34?,38?/m1/s1. The van der Waals surface area contributed by atoms with Crippen LogP contribution in [0.5, 0.6) is 5.75 Å². The first-order valence-electron chi connectivity index (χ1n) is 16.3. The number of aryl methyl sites for hydroxylation is 1. The quantitative estimate of drug-likeness (QED) is 0.190. The van der Waals surface area contributed by atoms with Crippen LogP contribution in [-0.2, 0) is 13.6 Å². The second-order valence-electron chi connectivity index (χ2n) is 14.0. The van der Waals surface area contributed by atoms with Crippen LogP contribution in [0.3, 0.4) is 0 Å². The number of rotatable bonds is 7. The van der Waals surface area contributed by atoms with Gasteiger partial charge in [-0.05, 0) is 90.8 Å². The van der Waals surface area contributed by atoms with Gasteiger partial charge in [0.15, 0.2) is 5.82 Å². The Bertz CT molecular complexity index is 2040. The zero-order chi connectivity index (χ0) is 29.3. The fourth-order valence-electron chi connectivity index (χ4n) is 9.62. The second-order valence-corrected chi connectivity index (χ2v) is 14.0. The van der Waals surface area contributed by atoms with Crippen molar-refractivity contribution in [2.75, 3.05) is 13.7 Å². The number of ether oxygens (including phenoxy) is 1. The Balaban J connectivity index is 1.05. The number of amides is 1. The molecule has 0 radical (unpaired) electrons. The monoisotopic (exact) mass is 580 g/mol. The normalized spacial score (nSPS) is 27.8. The van der Waals surface area contributed by atoms with Crippen LogP contribution in [0, 0.1) is 29.1 Å². The van der Waals surface area contributed by atoms with Crippen molar-refractivity contribution in [1.29, 1.82) is 0 Å². The van der Waals surface area contributed by atoms with Gasteiger partial charge in [0, 0.05) is 48.1 Å². The van der Waals surface area contributed by atoms with Crippen molar-refractivity contribution in [3.63, 3.8) is 0 Å². The average molecular weight is 581 g/mol. The molecule has 3 heterocycles. The molecule has 4 aliphatic carbocycles. The number of carbonyl (C=O) groups is 1. The summed E-state index contributed by atoms with van der Waals surface area (Å²) in [5.41, 5.74) is 7.67. The highest BCUT2D eigenvalue weighted by Crippen LogP contribution is 2.88. The second kappa shape index (κ2) is 8.65. The Morgan fingerprint density at radius 2 is 1.82 bits per heavy atom. The third kappa shape index (κ3) is 3.26. The summed E-state index contributed by atoms with van der Waals surface area (Å²) in [6, 6.07) is 23.9. The van der Waals surface area contributed by atoms with Crippen LogP contribution in [0.2, 0.25) is 0 Å². The van der Waals surface area contributed by atoms with Gasteiger partial charge in [-0.3, -0.25) is 4.79 Å². The molecule has 5 aliphatic rings. The van der Waals surface area contributed by atoms with Crippen molar-refractivity contribution in [1.82, 2.24) is 19.0 Å². The fourth-order valence-corrected chi connectivity index (χ4v) is 9.62. The number of likely N-dealkylation sites (tertiary alicyclic amines) is 1. The molecule has 5 atom stereocenters. The van der Waals surface area contributed by atoms with Crippen LogP contribution >= 0.6 is 0 Å². The first-order chi connectivity index (χ1) is 21.5. The summed E-state index contributed by atoms with van der Waals surface area (Å²) in [6.07, 6.45) is 9.44. The van der Waals surface area contributed by atoms with Crippen LogP contribution in [0.15, 0.2) is 66.7 Å². The van der Waals surface area contributed by atoms with Crippen molar-refractivity contribution in [3.05, 3.63) is 83.4 Å². The fraction of sp³-hybridized carbons (Fsp3) is 0.368. The van der Waals surface area contributed by atoms with Crippen LogP contribution in [0.1, 0.15) is 47.2 Å². The minimum atomic E-state index is 0.147. The maximum Gasteiger partial charge on any atom is 0.254 e. The molecule has 5 fully saturated rings. The molecule has 10 rings (SSSR count). The van der Waals surface area contributed by atoms with E-state index in [9.17, 15) is 4.79 Å². The molecule has 220 valence electrons. The highest BCUT2D eigenvalue weighted by Gasteiger charge is 2.88. The average Bonchev–Trinajstić information content (AvgIpc) is 3.76. The molecule has 0 N–H and O–H groups in total. The Kier molecular flexibility index (Phi) is 4.92. The molecule has 4 saturated carbocycles. The van der Waals surface area contributed by atoms with Crippen molar-refractivity contribution in [3.8, 4) is 17.3 Å². The van der Waals surface area contributed by atoms with Crippen LogP contribution in [0.4, 0.5) is 0 Å². The zero-order valence-electron chi connectivity index (χ0n) is 25.2. The third-order valence-corrected chi connectivity index (χ3v) is 12.0. The number of benzene rings is 3. The topological polar surface area (TPSA) is 52.3 Å². The Labute approximate surface area is 256 Å². The van der Waals surface area contributed by atoms with E-state index in [1.807, 2.05) is 18.2 Å². The van der Waals surface area contributed by atoms with Crippen LogP contribution < -0.4 is 4.74 Å². The van der Waals surface area contributed by atoms with E-state index in [4.69, 9.17) is 9.72 Å². The summed E-state index contributed by atoms with van der Waals surface area (Å²) in [6.45, 7) is 1.91. The lowest BCUT2D eigenvalue weighted by atomic mass is 9.67. The molecule has 4 unspecified atom stereocenters. The van der Waals surface area contributed by atoms with E-state index in [2.05, 4.69) is 81.8 Å². The molecular formula is C38H36N4O2. The van der Waals surface area contributed by atoms with E-state index < -0.39 is 0 Å². The predicted molar refractivity (Wildman–Crippen MR) is 173 cm³/mol. The van der Waals surface area contributed by atoms with Gasteiger partial charge >= 0.3 is 0 Å². The number of carbonyl (C=O) groups excluding carboxylic acids is 1. The Morgan fingerprint density at radius 1 is 1.00 bits per heavy atom. The first-order valence-corrected chi connectivity index (χ1v) is 16.3. The number of hydrogen-bond acceptors (Lipinski definition) is 3. The highest BCUT2D eigenvalue weighted by molar-refractivity contribution is 6.01. The lowest BCUT2D eigenvalue weighted by molar-refractivity contribution is 0.0585. The molecule has 5 aromatic rings. The summed E-state index contributed by atoms with van der Waals surface area (Å²) in [5.74, 6) is 5.02. The number of aromatic nitrogens is 3. The zero-order valence-corrected chi connectivity index (χ0v) is 25.2. The number of imidazole rings is 1. The van der Waals surface area contributed by atoms with Gasteiger partial charge in [-0.1, -0.05) is 48.6 Å². The highest BCUT2D eigenvalue weighted by atomic mass is 16.5. The lowest BCUT2D eigenvalue weighted by Crippen LogP contribution is -2.45. The number of fused-ring (bicyclic) bond motifs is 3. The summed E-state index contributed by atoms with van der Waals surface area (Å²) >= 11 is 0. The number of methoxy groups -OCH3 is 1. The summed E-state index contributed by atoms with van der Waals surface area (Å²) < 4.78 is 10.5. The number of nitrogens with zero attached hydrogens (tertiary/aromatic N) is 4. The van der Waals surface area contributed by atoms with Crippen molar-refractivity contribution < 1.29 is 9.53 Å². The van der Waals surface area contributed by atoms with Crippen molar-refractivity contribution in [2.45, 2.75) is 38.3 Å². The molecule has 6 nitrogen and oxygen atoms in total. The molecule has 6 heteroatoms. The van der Waals surface area contributed by atoms with E-state index in [0.717, 1.165) is 53.4 Å². The van der Waals surface area contributed by atoms with Gasteiger partial charge in [0.2, 0.25) is 0 Å². The molecule has 2 aromatic heterocycles. The maximum absolute atomic E-state index is 13.9. The van der Waals surface area contributed by atoms with Gasteiger partial charge in [-0.2, -0.15) is 0 Å². The smallest absolute Gasteiger partial charge is 0.254 e. The predicted octanol–water partition coefficient (Wildman–Crippen LogP) is 7.26. The molecule has 44 heavy (non-hydrogen) atoms. The van der Waals surface area contributed by atoms with E-state index >= 15 is 0 Å². The minimum absolute atomic E-state index is 0.147. The molecule has 1 amide bonds. The van der Waals surface area contributed by atoms with E-state index in [1.54, 1.807) is 7.11 Å². The van der Waals surface area contributed by atoms with Gasteiger partial charge < -0.3 is 18.8 Å². The van der Waals surface area contributed by atoms with E-state index in [0.29, 0.717) is 28.7 Å². The van der Waals surface area contributed by atoms with Crippen LogP contribution in [0.25, 0.3) is 45.6 Å². The van der Waals surface area contributed by atoms with Gasteiger partial charge in [0.25, 0.3) is 5.91 Å². The summed E-state index contributed by atoms with van der Waals surface area (Å²) in [5, 5.41) is 1.21. The molecule has 1 spiro atoms. The molecule has 1 aliphatic heterocycles. The minimum Gasteiger partial charge on any atom is -0.494 e. The summed E-state index contributed by atoms with van der Waals surface area (Å²) in [7, 11) is 3.77. The van der Waals surface area contributed by atoms with Gasteiger partial charge in [0.1, 0.15) is 11.3 Å². The SMILES string of the molecule is COc1cc(C(=O)N2C[C@H]3CC4C5CC2C543)cc2nc(-c3cc4cc(/C=C/c5ccccc5)ccc4n3CC3CC3)n(C)c12. The molecular weight excluding hydrogens is 544 g/mol. The van der Waals surface area contributed by atoms with Crippen molar-refractivity contribution in [2.24, 2.45) is 36.1 Å². The molecule has 1 saturated heterocycles. The largest absolute Gasteiger partial charge is 0.494 e. The number of hydrogen-bond donors (Lipinski definition) is 0. The maximum atomic E-state index is 13.9. The third-order valence-electron chi connectivity index (χ3n) is 12.0. The first kappa shape index (κ1) is 25.1. The lowest BCUT2D eigenvalue weighted by Gasteiger charge is -2.39. The van der Waals surface area contributed by atoms with E-state index in [1.165, 1.54) is 47.7 Å². The molecule has 3 aromatic carbocycles. The van der Waals surface area contributed by atoms with E-state index in [-0.39, 0.29) is 5.91 Å². The molecule has 0 bridgehead atoms. The van der Waals surface area contributed by atoms with Crippen LogP contribution in [-0.4, -0.2) is 44.6 Å². The van der Waals surface area contributed by atoms with Crippen molar-refractivity contribution >= 4 is 40.0 Å². The Morgan fingerprint density at radius 3 is 2.57 bits per heavy atom.